The molecule has 0 spiro atoms. The molecule has 1 heterocycles. The van der Waals surface area contributed by atoms with Crippen LogP contribution in [-0.2, 0) is 4.79 Å². The Morgan fingerprint density at radius 2 is 2.19 bits per heavy atom. The molecule has 0 radical (unpaired) electrons. The highest BCUT2D eigenvalue weighted by Gasteiger charge is 2.41. The molecule has 2 aliphatic rings. The third-order valence-corrected chi connectivity index (χ3v) is 4.30. The van der Waals surface area contributed by atoms with E-state index in [1.54, 1.807) is 6.07 Å². The summed E-state index contributed by atoms with van der Waals surface area (Å²) in [5.74, 6) is 0.571. The van der Waals surface area contributed by atoms with Gasteiger partial charge < -0.3 is 9.64 Å². The van der Waals surface area contributed by atoms with Crippen LogP contribution in [0.3, 0.4) is 0 Å². The van der Waals surface area contributed by atoms with Crippen LogP contribution in [0.15, 0.2) is 18.2 Å². The fraction of sp³-hybridized carbons (Fsp3) is 0.562. The summed E-state index contributed by atoms with van der Waals surface area (Å²) in [6.45, 7) is 2.75. The molecule has 2 atom stereocenters. The zero-order valence-electron chi connectivity index (χ0n) is 12.4. The molecule has 1 aromatic rings. The highest BCUT2D eigenvalue weighted by atomic mass is 19.1. The summed E-state index contributed by atoms with van der Waals surface area (Å²) >= 11 is 0. The molecule has 1 saturated heterocycles. The maximum absolute atomic E-state index is 13.9. The summed E-state index contributed by atoms with van der Waals surface area (Å²) in [6, 6.07) is 4.73. The molecule has 3 rings (SSSR count). The number of nitrogens with zero attached hydrogens (tertiary/aromatic N) is 1. The van der Waals surface area contributed by atoms with Gasteiger partial charge in [-0.25, -0.2) is 4.39 Å². The van der Waals surface area contributed by atoms with Gasteiger partial charge in [-0.3, -0.25) is 10.1 Å². The molecule has 2 unspecified atom stereocenters. The Hall–Kier alpha value is -1.62. The van der Waals surface area contributed by atoms with E-state index in [4.69, 9.17) is 4.74 Å². The van der Waals surface area contributed by atoms with Crippen LogP contribution in [0.4, 0.5) is 4.39 Å². The molecular weight excluding hydrogens is 271 g/mol. The average Bonchev–Trinajstić information content (AvgIpc) is 3.24. The molecule has 4 nitrogen and oxygen atoms in total. The van der Waals surface area contributed by atoms with E-state index in [0.29, 0.717) is 5.92 Å². The first-order chi connectivity index (χ1) is 10.1. The number of methoxy groups -OCH3 is 1. The van der Waals surface area contributed by atoms with E-state index in [1.807, 2.05) is 17.9 Å². The van der Waals surface area contributed by atoms with Gasteiger partial charge in [0.1, 0.15) is 6.17 Å². The lowest BCUT2D eigenvalue weighted by molar-refractivity contribution is -0.130. The van der Waals surface area contributed by atoms with E-state index in [-0.39, 0.29) is 23.9 Å². The highest BCUT2D eigenvalue weighted by molar-refractivity contribution is 5.84. The minimum Gasteiger partial charge on any atom is -0.494 e. The second-order valence-corrected chi connectivity index (χ2v) is 5.86. The van der Waals surface area contributed by atoms with Crippen molar-refractivity contribution in [2.45, 2.75) is 38.4 Å². The standard InChI is InChI=1S/C16H21FN2O2/c1-3-13-16(20)19(9-10-4-5-10)15(18-13)11-6-7-14(21-2)12(17)8-11/h6-8,10,13,15,18H,3-5,9H2,1-2H3. The van der Waals surface area contributed by atoms with E-state index in [9.17, 15) is 9.18 Å². The Morgan fingerprint density at radius 1 is 1.43 bits per heavy atom. The van der Waals surface area contributed by atoms with E-state index in [2.05, 4.69) is 5.32 Å². The van der Waals surface area contributed by atoms with Gasteiger partial charge in [0, 0.05) is 6.54 Å². The van der Waals surface area contributed by atoms with Crippen molar-refractivity contribution in [3.8, 4) is 5.75 Å². The largest absolute Gasteiger partial charge is 0.494 e. The molecule has 0 bridgehead atoms. The van der Waals surface area contributed by atoms with Gasteiger partial charge in [0.25, 0.3) is 0 Å². The summed E-state index contributed by atoms with van der Waals surface area (Å²) in [7, 11) is 1.45. The average molecular weight is 292 g/mol. The van der Waals surface area contributed by atoms with Crippen LogP contribution in [0.1, 0.15) is 37.9 Å². The number of amides is 1. The van der Waals surface area contributed by atoms with Crippen molar-refractivity contribution in [2.75, 3.05) is 13.7 Å². The lowest BCUT2D eigenvalue weighted by Crippen LogP contribution is -2.32. The molecule has 0 aromatic heterocycles. The molecule has 5 heteroatoms. The SMILES string of the molecule is CCC1NC(c2ccc(OC)c(F)c2)N(CC2CC2)C1=O. The number of ether oxygens (including phenoxy) is 1. The van der Waals surface area contributed by atoms with Crippen molar-refractivity contribution in [3.05, 3.63) is 29.6 Å². The van der Waals surface area contributed by atoms with Gasteiger partial charge in [0.15, 0.2) is 11.6 Å². The lowest BCUT2D eigenvalue weighted by Gasteiger charge is -2.24. The minimum atomic E-state index is -0.393. The first-order valence-electron chi connectivity index (χ1n) is 7.54. The summed E-state index contributed by atoms with van der Waals surface area (Å²) in [5, 5.41) is 3.32. The van der Waals surface area contributed by atoms with E-state index < -0.39 is 5.82 Å². The van der Waals surface area contributed by atoms with Gasteiger partial charge in [0.05, 0.1) is 13.2 Å². The lowest BCUT2D eigenvalue weighted by atomic mass is 10.1. The van der Waals surface area contributed by atoms with Gasteiger partial charge in [0.2, 0.25) is 5.91 Å². The third-order valence-electron chi connectivity index (χ3n) is 4.30. The van der Waals surface area contributed by atoms with Gasteiger partial charge >= 0.3 is 0 Å². The molecule has 1 amide bonds. The van der Waals surface area contributed by atoms with E-state index in [0.717, 1.165) is 18.5 Å². The maximum Gasteiger partial charge on any atom is 0.241 e. The van der Waals surface area contributed by atoms with Crippen LogP contribution in [0.25, 0.3) is 0 Å². The Bertz CT molecular complexity index is 545. The summed E-state index contributed by atoms with van der Waals surface area (Å²) < 4.78 is 18.9. The van der Waals surface area contributed by atoms with Gasteiger partial charge in [-0.2, -0.15) is 0 Å². The normalized spacial score (nSPS) is 25.5. The fourth-order valence-electron chi connectivity index (χ4n) is 2.87. The van der Waals surface area contributed by atoms with Crippen molar-refractivity contribution in [3.63, 3.8) is 0 Å². The third kappa shape index (κ3) is 2.75. The number of nitrogens with one attached hydrogen (secondary N) is 1. The van der Waals surface area contributed by atoms with E-state index in [1.165, 1.54) is 26.0 Å². The van der Waals surface area contributed by atoms with Gasteiger partial charge in [-0.1, -0.05) is 13.0 Å². The first kappa shape index (κ1) is 14.3. The smallest absolute Gasteiger partial charge is 0.241 e. The second kappa shape index (κ2) is 5.64. The van der Waals surface area contributed by atoms with Crippen molar-refractivity contribution in [1.29, 1.82) is 0 Å². The molecular formula is C16H21FN2O2. The Kier molecular flexibility index (Phi) is 3.85. The van der Waals surface area contributed by atoms with Crippen LogP contribution in [0.5, 0.6) is 5.75 Å². The molecule has 2 fully saturated rings. The monoisotopic (exact) mass is 292 g/mol. The number of carbonyl (C=O) groups excluding carboxylic acids is 1. The predicted molar refractivity (Wildman–Crippen MR) is 77.3 cm³/mol. The topological polar surface area (TPSA) is 41.6 Å². The number of rotatable bonds is 5. The first-order valence-corrected chi connectivity index (χ1v) is 7.54. The molecule has 1 aromatic carbocycles. The predicted octanol–water partition coefficient (Wildman–Crippen LogP) is 2.45. The van der Waals surface area contributed by atoms with Crippen LogP contribution >= 0.6 is 0 Å². The van der Waals surface area contributed by atoms with E-state index >= 15 is 0 Å². The quantitative estimate of drug-likeness (QED) is 0.906. The number of benzene rings is 1. The zero-order valence-corrected chi connectivity index (χ0v) is 12.4. The zero-order chi connectivity index (χ0) is 15.0. The van der Waals surface area contributed by atoms with Crippen LogP contribution < -0.4 is 10.1 Å². The summed E-state index contributed by atoms with van der Waals surface area (Å²) in [6.07, 6.45) is 2.88. The van der Waals surface area contributed by atoms with Gasteiger partial charge in [-0.15, -0.1) is 0 Å². The Balaban J connectivity index is 1.86. The van der Waals surface area contributed by atoms with Gasteiger partial charge in [-0.05, 0) is 42.9 Å². The van der Waals surface area contributed by atoms with Crippen molar-refractivity contribution in [1.82, 2.24) is 10.2 Å². The molecule has 1 saturated carbocycles. The molecule has 1 aliphatic heterocycles. The summed E-state index contributed by atoms with van der Waals surface area (Å²) in [4.78, 5) is 14.3. The minimum absolute atomic E-state index is 0.130. The number of halogens is 1. The summed E-state index contributed by atoms with van der Waals surface area (Å²) in [5.41, 5.74) is 0.776. The number of carbonyl (C=O) groups is 1. The van der Waals surface area contributed by atoms with Crippen LogP contribution in [0, 0.1) is 11.7 Å². The molecule has 1 aliphatic carbocycles. The highest BCUT2D eigenvalue weighted by Crippen LogP contribution is 2.35. The number of hydrogen-bond donors (Lipinski definition) is 1. The molecule has 114 valence electrons. The van der Waals surface area contributed by atoms with Crippen molar-refractivity contribution >= 4 is 5.91 Å². The van der Waals surface area contributed by atoms with Crippen LogP contribution in [-0.4, -0.2) is 30.5 Å². The van der Waals surface area contributed by atoms with Crippen molar-refractivity contribution < 1.29 is 13.9 Å². The second-order valence-electron chi connectivity index (χ2n) is 5.86. The molecule has 1 N–H and O–H groups in total. The molecule has 21 heavy (non-hydrogen) atoms. The number of hydrogen-bond acceptors (Lipinski definition) is 3. The van der Waals surface area contributed by atoms with Crippen LogP contribution in [0.2, 0.25) is 0 Å². The Morgan fingerprint density at radius 3 is 2.76 bits per heavy atom. The Labute approximate surface area is 124 Å². The fourth-order valence-corrected chi connectivity index (χ4v) is 2.87. The maximum atomic E-state index is 13.9. The van der Waals surface area contributed by atoms with Crippen molar-refractivity contribution in [2.24, 2.45) is 5.92 Å².